The Morgan fingerprint density at radius 2 is 2.56 bits per heavy atom. The molecule has 1 aromatic heterocycles. The van der Waals surface area contributed by atoms with Gasteiger partial charge in [-0.2, -0.15) is 0 Å². The molecule has 1 heterocycles. The zero-order valence-corrected chi connectivity index (χ0v) is 5.87. The van der Waals surface area contributed by atoms with E-state index in [9.17, 15) is 0 Å². The van der Waals surface area contributed by atoms with Crippen molar-refractivity contribution in [2.75, 3.05) is 0 Å². The van der Waals surface area contributed by atoms with Crippen molar-refractivity contribution in [2.45, 2.75) is 12.8 Å². The number of hydrogen-bond acceptors (Lipinski definition) is 1. The molecule has 2 rings (SSSR count). The predicted molar refractivity (Wildman–Crippen MR) is 40.5 cm³/mol. The number of hydrogen-bond donors (Lipinski definition) is 0. The van der Waals surface area contributed by atoms with E-state index < -0.39 is 0 Å². The molecule has 0 N–H and O–H groups in total. The molecule has 1 aliphatic rings. The predicted octanol–water partition coefficient (Wildman–Crippen LogP) is 2.51. The molecule has 0 aromatic carbocycles. The van der Waals surface area contributed by atoms with Crippen LogP contribution in [-0.2, 0) is 6.42 Å². The van der Waals surface area contributed by atoms with Crippen LogP contribution in [0.15, 0.2) is 12.1 Å². The van der Waals surface area contributed by atoms with Gasteiger partial charge in [0.25, 0.3) is 0 Å². The summed E-state index contributed by atoms with van der Waals surface area (Å²) >= 11 is 1.71. The number of rotatable bonds is 0. The number of thiophene rings is 1. The monoisotopic (exact) mass is 135 g/mol. The van der Waals surface area contributed by atoms with Gasteiger partial charge in [0.15, 0.2) is 0 Å². The van der Waals surface area contributed by atoms with Crippen molar-refractivity contribution in [1.82, 2.24) is 0 Å². The maximum absolute atomic E-state index is 3.13. The molecule has 45 valence electrons. The van der Waals surface area contributed by atoms with E-state index in [2.05, 4.69) is 23.6 Å². The van der Waals surface area contributed by atoms with Crippen molar-refractivity contribution in [1.29, 1.82) is 0 Å². The fraction of sp³-hybridized carbons (Fsp3) is 0.250. The Kier molecular flexibility index (Phi) is 1.16. The minimum atomic E-state index is 1.21. The van der Waals surface area contributed by atoms with Crippen LogP contribution in [0.1, 0.15) is 16.9 Å². The summed E-state index contributed by atoms with van der Waals surface area (Å²) in [5.74, 6) is 0. The van der Waals surface area contributed by atoms with Crippen LogP contribution in [0.5, 0.6) is 0 Å². The van der Waals surface area contributed by atoms with Crippen molar-refractivity contribution in [2.24, 2.45) is 0 Å². The first kappa shape index (κ1) is 5.24. The van der Waals surface area contributed by atoms with Crippen molar-refractivity contribution in [3.63, 3.8) is 0 Å². The van der Waals surface area contributed by atoms with E-state index in [0.29, 0.717) is 0 Å². The van der Waals surface area contributed by atoms with Crippen molar-refractivity contribution >= 4 is 17.4 Å². The highest BCUT2D eigenvalue weighted by Crippen LogP contribution is 2.23. The fourth-order valence-electron chi connectivity index (χ4n) is 1.07. The van der Waals surface area contributed by atoms with Crippen LogP contribution in [0.2, 0.25) is 0 Å². The average Bonchev–Trinajstić information content (AvgIpc) is 2.33. The Morgan fingerprint density at radius 3 is 3.44 bits per heavy atom. The van der Waals surface area contributed by atoms with E-state index in [-0.39, 0.29) is 0 Å². The first-order chi connectivity index (χ1) is 4.47. The summed E-state index contributed by atoms with van der Waals surface area (Å²) in [7, 11) is 0. The first-order valence-electron chi connectivity index (χ1n) is 3.12. The lowest BCUT2D eigenvalue weighted by molar-refractivity contribution is 0.996. The van der Waals surface area contributed by atoms with Gasteiger partial charge in [-0.05, 0) is 30.5 Å². The maximum Gasteiger partial charge on any atom is 0.0452 e. The lowest BCUT2D eigenvalue weighted by Gasteiger charge is -2.01. The van der Waals surface area contributed by atoms with Crippen molar-refractivity contribution < 1.29 is 0 Å². The minimum Gasteiger partial charge on any atom is -0.135 e. The third-order valence-corrected chi connectivity index (χ3v) is 2.42. The SMILES string of the molecule is [c]1cc2c(s1)C=CCC2. The van der Waals surface area contributed by atoms with E-state index in [1.165, 1.54) is 23.3 Å². The molecule has 0 unspecified atom stereocenters. The zero-order valence-electron chi connectivity index (χ0n) is 5.05. The molecular formula is C8H7S. The highest BCUT2D eigenvalue weighted by Gasteiger charge is 2.03. The minimum absolute atomic E-state index is 1.21. The van der Waals surface area contributed by atoms with E-state index in [4.69, 9.17) is 0 Å². The Labute approximate surface area is 58.8 Å². The van der Waals surface area contributed by atoms with Gasteiger partial charge in [-0.1, -0.05) is 6.08 Å². The molecule has 0 fully saturated rings. The highest BCUT2D eigenvalue weighted by molar-refractivity contribution is 7.10. The Balaban J connectivity index is 2.53. The average molecular weight is 135 g/mol. The fourth-order valence-corrected chi connectivity index (χ4v) is 1.85. The number of fused-ring (bicyclic) bond motifs is 1. The molecule has 1 aromatic rings. The second-order valence-electron chi connectivity index (χ2n) is 2.19. The third-order valence-electron chi connectivity index (χ3n) is 1.57. The summed E-state index contributed by atoms with van der Waals surface area (Å²) in [5, 5.41) is 3.13. The zero-order chi connectivity index (χ0) is 6.10. The number of allylic oxidation sites excluding steroid dienone is 1. The van der Waals surface area contributed by atoms with Gasteiger partial charge in [-0.15, -0.1) is 11.3 Å². The van der Waals surface area contributed by atoms with E-state index in [0.717, 1.165) is 0 Å². The quantitative estimate of drug-likeness (QED) is 0.512. The molecule has 0 aliphatic heterocycles. The molecule has 0 amide bonds. The van der Waals surface area contributed by atoms with Gasteiger partial charge in [0.2, 0.25) is 0 Å². The first-order valence-corrected chi connectivity index (χ1v) is 3.94. The molecule has 0 nitrogen and oxygen atoms in total. The molecule has 1 radical (unpaired) electrons. The van der Waals surface area contributed by atoms with Crippen molar-refractivity contribution in [3.8, 4) is 0 Å². The molecule has 9 heavy (non-hydrogen) atoms. The van der Waals surface area contributed by atoms with Crippen LogP contribution in [0.4, 0.5) is 0 Å². The van der Waals surface area contributed by atoms with Gasteiger partial charge in [-0.3, -0.25) is 0 Å². The van der Waals surface area contributed by atoms with Gasteiger partial charge >= 0.3 is 0 Å². The Morgan fingerprint density at radius 1 is 1.56 bits per heavy atom. The largest absolute Gasteiger partial charge is 0.135 e. The summed E-state index contributed by atoms with van der Waals surface area (Å²) in [6, 6.07) is 2.10. The van der Waals surface area contributed by atoms with Gasteiger partial charge in [-0.25, -0.2) is 0 Å². The van der Waals surface area contributed by atoms with Gasteiger partial charge in [0, 0.05) is 10.3 Å². The molecule has 0 saturated carbocycles. The van der Waals surface area contributed by atoms with E-state index in [1.54, 1.807) is 11.3 Å². The lowest BCUT2D eigenvalue weighted by atomic mass is 10.1. The van der Waals surface area contributed by atoms with Gasteiger partial charge < -0.3 is 0 Å². The summed E-state index contributed by atoms with van der Waals surface area (Å²) in [6.45, 7) is 0. The Bertz CT molecular complexity index is 232. The Hall–Kier alpha value is -0.560. The van der Waals surface area contributed by atoms with Crippen LogP contribution >= 0.6 is 11.3 Å². The molecule has 0 bridgehead atoms. The molecule has 0 saturated heterocycles. The maximum atomic E-state index is 3.13. The second-order valence-corrected chi connectivity index (χ2v) is 3.07. The highest BCUT2D eigenvalue weighted by atomic mass is 32.1. The summed E-state index contributed by atoms with van der Waals surface area (Å²) < 4.78 is 0. The lowest BCUT2D eigenvalue weighted by Crippen LogP contribution is -1.86. The van der Waals surface area contributed by atoms with Crippen LogP contribution in [0.3, 0.4) is 0 Å². The van der Waals surface area contributed by atoms with Crippen LogP contribution in [0.25, 0.3) is 6.08 Å². The third kappa shape index (κ3) is 0.815. The summed E-state index contributed by atoms with van der Waals surface area (Å²) in [6.07, 6.45) is 6.84. The molecule has 0 spiro atoms. The smallest absolute Gasteiger partial charge is 0.0452 e. The summed E-state index contributed by atoms with van der Waals surface area (Å²) in [5.41, 5.74) is 1.47. The van der Waals surface area contributed by atoms with Gasteiger partial charge in [0.05, 0.1) is 0 Å². The van der Waals surface area contributed by atoms with E-state index in [1.807, 2.05) is 0 Å². The number of aryl methyl sites for hydroxylation is 1. The normalized spacial score (nSPS) is 15.6. The molecular weight excluding hydrogens is 128 g/mol. The second kappa shape index (κ2) is 1.99. The standard InChI is InChI=1S/C8H7S/c1-2-4-8-7(3-1)5-6-9-8/h2,4-5H,1,3H2. The topological polar surface area (TPSA) is 0 Å². The molecule has 1 aliphatic carbocycles. The van der Waals surface area contributed by atoms with Crippen LogP contribution < -0.4 is 0 Å². The van der Waals surface area contributed by atoms with Crippen LogP contribution in [-0.4, -0.2) is 0 Å². The molecule has 0 atom stereocenters. The van der Waals surface area contributed by atoms with E-state index >= 15 is 0 Å². The van der Waals surface area contributed by atoms with Gasteiger partial charge in [0.1, 0.15) is 0 Å². The molecule has 1 heteroatoms. The van der Waals surface area contributed by atoms with Crippen molar-refractivity contribution in [3.05, 3.63) is 28.0 Å². The summed E-state index contributed by atoms with van der Waals surface area (Å²) in [4.78, 5) is 1.40. The van der Waals surface area contributed by atoms with Crippen LogP contribution in [0, 0.1) is 5.38 Å².